The van der Waals surface area contributed by atoms with Crippen molar-refractivity contribution in [2.75, 3.05) is 26.2 Å². The van der Waals surface area contributed by atoms with Gasteiger partial charge >= 0.3 is 0 Å². The third-order valence-electron chi connectivity index (χ3n) is 5.51. The Morgan fingerprint density at radius 3 is 2.12 bits per heavy atom. The average molecular weight is 372 g/mol. The summed E-state index contributed by atoms with van der Waals surface area (Å²) in [7, 11) is -3.39. The molecule has 2 aliphatic rings. The van der Waals surface area contributed by atoms with Crippen molar-refractivity contribution >= 4 is 21.6 Å². The highest BCUT2D eigenvalue weighted by Gasteiger charge is 2.36. The number of nitrogens with zero attached hydrogens (tertiary/aromatic N) is 1. The summed E-state index contributed by atoms with van der Waals surface area (Å²) in [6.45, 7) is 8.41. The van der Waals surface area contributed by atoms with Crippen molar-refractivity contribution in [3.8, 4) is 0 Å². The van der Waals surface area contributed by atoms with Crippen LogP contribution in [0.15, 0.2) is 29.2 Å². The van der Waals surface area contributed by atoms with Gasteiger partial charge in [-0.15, -0.1) is 0 Å². The van der Waals surface area contributed by atoms with Crippen LogP contribution in [0.4, 0.5) is 0 Å². The molecule has 2 atom stereocenters. The van der Waals surface area contributed by atoms with Gasteiger partial charge in [0.05, 0.1) is 24.0 Å². The molecule has 0 aliphatic carbocycles. The van der Waals surface area contributed by atoms with Crippen LogP contribution in [0.5, 0.6) is 0 Å². The normalized spacial score (nSPS) is 30.4. The molecule has 0 spiro atoms. The Bertz CT molecular complexity index is 644. The maximum atomic E-state index is 12.8. The van der Waals surface area contributed by atoms with Gasteiger partial charge in [0.25, 0.3) is 0 Å². The van der Waals surface area contributed by atoms with Gasteiger partial charge in [0, 0.05) is 42.8 Å². The summed E-state index contributed by atoms with van der Waals surface area (Å²) in [5.74, 6) is 1.55. The summed E-state index contributed by atoms with van der Waals surface area (Å²) >= 11 is 5.86. The SMILES string of the molecule is C[C@H]1C[C@H](C)C[NH+](C2CCN(S(=O)(=O)c3ccc(Cl)cc3)CC2)C1. The van der Waals surface area contributed by atoms with E-state index >= 15 is 0 Å². The molecule has 4 nitrogen and oxygen atoms in total. The summed E-state index contributed by atoms with van der Waals surface area (Å²) in [5.41, 5.74) is 0. The number of nitrogens with one attached hydrogen (secondary N) is 1. The Kier molecular flexibility index (Phi) is 5.55. The Morgan fingerprint density at radius 2 is 1.58 bits per heavy atom. The number of quaternary nitrogens is 1. The van der Waals surface area contributed by atoms with Crippen LogP contribution in [0.2, 0.25) is 5.02 Å². The van der Waals surface area contributed by atoms with Crippen molar-refractivity contribution in [3.05, 3.63) is 29.3 Å². The molecule has 2 fully saturated rings. The van der Waals surface area contributed by atoms with Gasteiger partial charge in [-0.1, -0.05) is 25.4 Å². The fourth-order valence-electron chi connectivity index (χ4n) is 4.43. The number of benzene rings is 1. The highest BCUT2D eigenvalue weighted by molar-refractivity contribution is 7.89. The van der Waals surface area contributed by atoms with E-state index in [-0.39, 0.29) is 0 Å². The molecule has 0 bridgehead atoms. The van der Waals surface area contributed by atoms with Gasteiger partial charge in [0.15, 0.2) is 0 Å². The van der Waals surface area contributed by atoms with E-state index in [1.165, 1.54) is 19.5 Å². The molecule has 0 radical (unpaired) electrons. The first-order chi connectivity index (χ1) is 11.4. The quantitative estimate of drug-likeness (QED) is 0.883. The van der Waals surface area contributed by atoms with E-state index in [9.17, 15) is 8.42 Å². The summed E-state index contributed by atoms with van der Waals surface area (Å²) in [5, 5.41) is 0.560. The number of hydrogen-bond donors (Lipinski definition) is 1. The minimum absolute atomic E-state index is 0.345. The first kappa shape index (κ1) is 18.2. The molecule has 0 amide bonds. The molecule has 2 aliphatic heterocycles. The highest BCUT2D eigenvalue weighted by Crippen LogP contribution is 2.22. The standard InChI is InChI=1S/C18H27ClN2O2S/c1-14-11-15(2)13-20(12-14)17-7-9-21(10-8-17)24(22,23)18-5-3-16(19)4-6-18/h3-6,14-15,17H,7-13H2,1-2H3/p+1/t14-,15-/m0/s1. The predicted octanol–water partition coefficient (Wildman–Crippen LogP) is 2.05. The monoisotopic (exact) mass is 371 g/mol. The molecule has 0 saturated carbocycles. The minimum atomic E-state index is -3.39. The van der Waals surface area contributed by atoms with Crippen LogP contribution in [0.25, 0.3) is 0 Å². The molecule has 2 heterocycles. The zero-order chi connectivity index (χ0) is 17.3. The smallest absolute Gasteiger partial charge is 0.243 e. The van der Waals surface area contributed by atoms with Gasteiger partial charge < -0.3 is 4.90 Å². The van der Waals surface area contributed by atoms with E-state index in [0.717, 1.165) is 24.7 Å². The van der Waals surface area contributed by atoms with Crippen LogP contribution >= 0.6 is 11.6 Å². The fraction of sp³-hybridized carbons (Fsp3) is 0.667. The van der Waals surface area contributed by atoms with Crippen molar-refractivity contribution in [1.29, 1.82) is 0 Å². The van der Waals surface area contributed by atoms with Gasteiger partial charge in [-0.2, -0.15) is 4.31 Å². The molecular weight excluding hydrogens is 344 g/mol. The van der Waals surface area contributed by atoms with Crippen LogP contribution in [-0.4, -0.2) is 44.9 Å². The van der Waals surface area contributed by atoms with Crippen LogP contribution in [0, 0.1) is 11.8 Å². The van der Waals surface area contributed by atoms with E-state index in [2.05, 4.69) is 13.8 Å². The summed E-state index contributed by atoms with van der Waals surface area (Å²) in [4.78, 5) is 2.03. The second kappa shape index (κ2) is 7.32. The number of rotatable bonds is 3. The highest BCUT2D eigenvalue weighted by atomic mass is 35.5. The fourth-order valence-corrected chi connectivity index (χ4v) is 6.02. The van der Waals surface area contributed by atoms with Crippen LogP contribution < -0.4 is 4.90 Å². The zero-order valence-electron chi connectivity index (χ0n) is 14.5. The van der Waals surface area contributed by atoms with Crippen molar-refractivity contribution in [2.45, 2.75) is 44.0 Å². The van der Waals surface area contributed by atoms with Gasteiger partial charge in [-0.3, -0.25) is 0 Å². The van der Waals surface area contributed by atoms with E-state index < -0.39 is 10.0 Å². The molecule has 2 saturated heterocycles. The van der Waals surface area contributed by atoms with E-state index in [0.29, 0.717) is 29.0 Å². The van der Waals surface area contributed by atoms with Gasteiger partial charge in [-0.05, 0) is 30.7 Å². The number of piperidine rings is 2. The molecular formula is C18H28ClN2O2S+. The van der Waals surface area contributed by atoms with E-state index in [4.69, 9.17) is 11.6 Å². The largest absolute Gasteiger partial charge is 0.332 e. The van der Waals surface area contributed by atoms with E-state index in [1.807, 2.05) is 0 Å². The number of sulfonamides is 1. The maximum absolute atomic E-state index is 12.8. The van der Waals surface area contributed by atoms with Gasteiger partial charge in [-0.25, -0.2) is 8.42 Å². The second-order valence-corrected chi connectivity index (χ2v) is 10.0. The summed E-state index contributed by atoms with van der Waals surface area (Å²) in [6.07, 6.45) is 3.25. The van der Waals surface area contributed by atoms with Crippen molar-refractivity contribution in [2.24, 2.45) is 11.8 Å². The van der Waals surface area contributed by atoms with Crippen LogP contribution in [0.3, 0.4) is 0 Å². The van der Waals surface area contributed by atoms with Crippen LogP contribution in [0.1, 0.15) is 33.1 Å². The topological polar surface area (TPSA) is 41.8 Å². The molecule has 1 aromatic rings. The third-order valence-corrected chi connectivity index (χ3v) is 7.67. The first-order valence-electron chi connectivity index (χ1n) is 8.96. The Labute approximate surface area is 150 Å². The molecule has 24 heavy (non-hydrogen) atoms. The lowest BCUT2D eigenvalue weighted by atomic mass is 9.89. The first-order valence-corrected chi connectivity index (χ1v) is 10.8. The summed E-state index contributed by atoms with van der Waals surface area (Å²) in [6, 6.07) is 7.09. The van der Waals surface area contributed by atoms with Crippen molar-refractivity contribution < 1.29 is 13.3 Å². The molecule has 0 aromatic heterocycles. The summed E-state index contributed by atoms with van der Waals surface area (Å²) < 4.78 is 27.2. The molecule has 1 aromatic carbocycles. The van der Waals surface area contributed by atoms with Gasteiger partial charge in [0.2, 0.25) is 10.0 Å². The number of hydrogen-bond acceptors (Lipinski definition) is 2. The number of likely N-dealkylation sites (tertiary alicyclic amines) is 1. The lowest BCUT2D eigenvalue weighted by molar-refractivity contribution is -0.938. The molecule has 134 valence electrons. The van der Waals surface area contributed by atoms with E-state index in [1.54, 1.807) is 33.5 Å². The molecule has 3 rings (SSSR count). The zero-order valence-corrected chi connectivity index (χ0v) is 16.1. The minimum Gasteiger partial charge on any atom is -0.332 e. The van der Waals surface area contributed by atoms with Gasteiger partial charge in [0.1, 0.15) is 0 Å². The number of halogens is 1. The average Bonchev–Trinajstić information content (AvgIpc) is 2.54. The predicted molar refractivity (Wildman–Crippen MR) is 96.9 cm³/mol. The van der Waals surface area contributed by atoms with Crippen molar-refractivity contribution in [3.63, 3.8) is 0 Å². The second-order valence-electron chi connectivity index (χ2n) is 7.64. The molecule has 1 N–H and O–H groups in total. The third kappa shape index (κ3) is 3.96. The Morgan fingerprint density at radius 1 is 1.04 bits per heavy atom. The lowest BCUT2D eigenvalue weighted by Gasteiger charge is -2.40. The Hall–Kier alpha value is -0.620. The maximum Gasteiger partial charge on any atom is 0.243 e. The van der Waals surface area contributed by atoms with Crippen LogP contribution in [-0.2, 0) is 10.0 Å². The molecule has 6 heteroatoms. The Balaban J connectivity index is 1.63. The van der Waals surface area contributed by atoms with Crippen molar-refractivity contribution in [1.82, 2.24) is 4.31 Å². The lowest BCUT2D eigenvalue weighted by Crippen LogP contribution is -3.18. The molecule has 0 unspecified atom stereocenters.